The van der Waals surface area contributed by atoms with Crippen LogP contribution in [0.15, 0.2) is 0 Å². The van der Waals surface area contributed by atoms with Gasteiger partial charge in [-0.1, -0.05) is 20.3 Å². The van der Waals surface area contributed by atoms with Crippen LogP contribution < -0.4 is 6.15 Å². The zero-order chi connectivity index (χ0) is 11.1. The van der Waals surface area contributed by atoms with Crippen LogP contribution in [0.5, 0.6) is 0 Å². The van der Waals surface area contributed by atoms with E-state index >= 15 is 0 Å². The minimum atomic E-state index is -0.930. The molecule has 2 atom stereocenters. The Hall–Kier alpha value is -1.10. The Kier molecular flexibility index (Phi) is 8.96. The zero-order valence-electron chi connectivity index (χ0n) is 9.40. The van der Waals surface area contributed by atoms with Gasteiger partial charge < -0.3 is 16.4 Å². The minimum Gasteiger partial charge on any atom is -0.481 e. The number of hydrogen-bond acceptors (Lipinski definition) is 3. The SMILES string of the molecule is CCC(C)CC(CCC(=O)O)C(=O)O.N. The maximum absolute atomic E-state index is 10.8. The third-order valence-electron chi connectivity index (χ3n) is 2.44. The van der Waals surface area contributed by atoms with Crippen LogP contribution in [0.1, 0.15) is 39.5 Å². The molecule has 0 saturated carbocycles. The third kappa shape index (κ3) is 7.93. The lowest BCUT2D eigenvalue weighted by Crippen LogP contribution is -2.18. The summed E-state index contributed by atoms with van der Waals surface area (Å²) in [5, 5.41) is 17.3. The number of carboxylic acids is 2. The highest BCUT2D eigenvalue weighted by Gasteiger charge is 2.20. The van der Waals surface area contributed by atoms with Crippen molar-refractivity contribution in [3.05, 3.63) is 0 Å². The molecule has 0 aliphatic rings. The van der Waals surface area contributed by atoms with Crippen LogP contribution in [0.3, 0.4) is 0 Å². The highest BCUT2D eigenvalue weighted by Crippen LogP contribution is 2.19. The van der Waals surface area contributed by atoms with E-state index in [1.807, 2.05) is 13.8 Å². The molecule has 0 aliphatic heterocycles. The average Bonchev–Trinajstić information content (AvgIpc) is 2.10. The summed E-state index contributed by atoms with van der Waals surface area (Å²) in [5.41, 5.74) is 0. The molecule has 15 heavy (non-hydrogen) atoms. The highest BCUT2D eigenvalue weighted by atomic mass is 16.4. The number of carbonyl (C=O) groups is 2. The predicted octanol–water partition coefficient (Wildman–Crippen LogP) is 2.15. The number of hydrogen-bond donors (Lipinski definition) is 3. The van der Waals surface area contributed by atoms with Crippen molar-refractivity contribution in [2.24, 2.45) is 11.8 Å². The molecule has 0 aliphatic carbocycles. The van der Waals surface area contributed by atoms with Crippen molar-refractivity contribution >= 4 is 11.9 Å². The summed E-state index contributed by atoms with van der Waals surface area (Å²) in [7, 11) is 0. The molecule has 0 aromatic heterocycles. The molecule has 5 N–H and O–H groups in total. The second-order valence-electron chi connectivity index (χ2n) is 3.72. The van der Waals surface area contributed by atoms with Gasteiger partial charge in [0.05, 0.1) is 5.92 Å². The molecule has 0 amide bonds. The minimum absolute atomic E-state index is 0. The Morgan fingerprint density at radius 1 is 1.27 bits per heavy atom. The summed E-state index contributed by atoms with van der Waals surface area (Å²) >= 11 is 0. The first-order chi connectivity index (χ1) is 6.47. The van der Waals surface area contributed by atoms with Gasteiger partial charge in [0.25, 0.3) is 0 Å². The molecule has 5 nitrogen and oxygen atoms in total. The first-order valence-corrected chi connectivity index (χ1v) is 4.92. The van der Waals surface area contributed by atoms with E-state index in [9.17, 15) is 9.59 Å². The van der Waals surface area contributed by atoms with Gasteiger partial charge in [0, 0.05) is 6.42 Å². The molecule has 2 unspecified atom stereocenters. The van der Waals surface area contributed by atoms with Gasteiger partial charge in [-0.2, -0.15) is 0 Å². The molecule has 0 aromatic rings. The summed E-state index contributed by atoms with van der Waals surface area (Å²) in [4.78, 5) is 21.1. The van der Waals surface area contributed by atoms with E-state index in [2.05, 4.69) is 0 Å². The van der Waals surface area contributed by atoms with Crippen molar-refractivity contribution in [3.63, 3.8) is 0 Å². The van der Waals surface area contributed by atoms with E-state index in [1.165, 1.54) is 0 Å². The van der Waals surface area contributed by atoms with Gasteiger partial charge in [-0.25, -0.2) is 0 Å². The Balaban J connectivity index is 0. The summed E-state index contributed by atoms with van der Waals surface area (Å²) in [6.45, 7) is 3.98. The van der Waals surface area contributed by atoms with Crippen LogP contribution in [0, 0.1) is 11.8 Å². The van der Waals surface area contributed by atoms with E-state index in [-0.39, 0.29) is 19.0 Å². The van der Waals surface area contributed by atoms with Crippen LogP contribution in [0.4, 0.5) is 0 Å². The molecule has 0 rings (SSSR count). The van der Waals surface area contributed by atoms with Gasteiger partial charge in [-0.3, -0.25) is 9.59 Å². The largest absolute Gasteiger partial charge is 0.481 e. The van der Waals surface area contributed by atoms with E-state index in [1.54, 1.807) is 0 Å². The Bertz CT molecular complexity index is 206. The van der Waals surface area contributed by atoms with Crippen molar-refractivity contribution in [1.82, 2.24) is 6.15 Å². The first-order valence-electron chi connectivity index (χ1n) is 4.92. The molecule has 0 radical (unpaired) electrons. The lowest BCUT2D eigenvalue weighted by atomic mass is 9.91. The molecule has 5 heteroatoms. The summed E-state index contributed by atoms with van der Waals surface area (Å²) in [6, 6.07) is 0. The van der Waals surface area contributed by atoms with Gasteiger partial charge in [0.2, 0.25) is 0 Å². The van der Waals surface area contributed by atoms with Crippen LogP contribution >= 0.6 is 0 Å². The van der Waals surface area contributed by atoms with Crippen molar-refractivity contribution in [2.45, 2.75) is 39.5 Å². The van der Waals surface area contributed by atoms with E-state index < -0.39 is 17.9 Å². The van der Waals surface area contributed by atoms with Crippen LogP contribution in [0.25, 0.3) is 0 Å². The fourth-order valence-corrected chi connectivity index (χ4v) is 1.29. The molecule has 0 bridgehead atoms. The van der Waals surface area contributed by atoms with E-state index in [0.717, 1.165) is 6.42 Å². The van der Waals surface area contributed by atoms with Gasteiger partial charge in [0.1, 0.15) is 0 Å². The summed E-state index contributed by atoms with van der Waals surface area (Å²) in [6.07, 6.45) is 1.67. The standard InChI is InChI=1S/C10H18O4.H3N/c1-3-7(2)6-8(10(13)14)4-5-9(11)12;/h7-8H,3-6H2,1-2H3,(H,11,12)(H,13,14);1H3. The van der Waals surface area contributed by atoms with Crippen LogP contribution in [-0.2, 0) is 9.59 Å². The van der Waals surface area contributed by atoms with Gasteiger partial charge in [-0.05, 0) is 18.8 Å². The molecule has 0 fully saturated rings. The fourth-order valence-electron chi connectivity index (χ4n) is 1.29. The monoisotopic (exact) mass is 219 g/mol. The van der Waals surface area contributed by atoms with Crippen molar-refractivity contribution < 1.29 is 19.8 Å². The lowest BCUT2D eigenvalue weighted by molar-refractivity contribution is -0.143. The molecular formula is C10H21NO4. The summed E-state index contributed by atoms with van der Waals surface area (Å²) < 4.78 is 0. The Morgan fingerprint density at radius 3 is 2.13 bits per heavy atom. The Labute approximate surface area is 90.1 Å². The third-order valence-corrected chi connectivity index (χ3v) is 2.44. The molecule has 90 valence electrons. The lowest BCUT2D eigenvalue weighted by Gasteiger charge is -2.15. The number of aliphatic carboxylic acids is 2. The second-order valence-corrected chi connectivity index (χ2v) is 3.72. The van der Waals surface area contributed by atoms with Crippen molar-refractivity contribution in [2.75, 3.05) is 0 Å². The molecule has 0 spiro atoms. The normalized spacial score (nSPS) is 13.7. The smallest absolute Gasteiger partial charge is 0.306 e. The quantitative estimate of drug-likeness (QED) is 0.607. The first kappa shape index (κ1) is 16.3. The Morgan fingerprint density at radius 2 is 1.80 bits per heavy atom. The fraction of sp³-hybridized carbons (Fsp3) is 0.800. The molecule has 0 aromatic carbocycles. The summed E-state index contributed by atoms with van der Waals surface area (Å²) in [5.74, 6) is -1.99. The van der Waals surface area contributed by atoms with Crippen molar-refractivity contribution in [3.8, 4) is 0 Å². The van der Waals surface area contributed by atoms with Gasteiger partial charge in [-0.15, -0.1) is 0 Å². The highest BCUT2D eigenvalue weighted by molar-refractivity contribution is 5.72. The zero-order valence-corrected chi connectivity index (χ0v) is 9.40. The van der Waals surface area contributed by atoms with Crippen LogP contribution in [0.2, 0.25) is 0 Å². The predicted molar refractivity (Wildman–Crippen MR) is 57.1 cm³/mol. The van der Waals surface area contributed by atoms with Crippen LogP contribution in [-0.4, -0.2) is 22.2 Å². The molecule has 0 saturated heterocycles. The van der Waals surface area contributed by atoms with Crippen molar-refractivity contribution in [1.29, 1.82) is 0 Å². The number of carboxylic acid groups (broad SMARTS) is 2. The second kappa shape index (κ2) is 8.23. The molecular weight excluding hydrogens is 198 g/mol. The van der Waals surface area contributed by atoms with Gasteiger partial charge >= 0.3 is 11.9 Å². The topological polar surface area (TPSA) is 110 Å². The molecule has 0 heterocycles. The van der Waals surface area contributed by atoms with E-state index in [0.29, 0.717) is 12.3 Å². The number of rotatable bonds is 7. The maximum Gasteiger partial charge on any atom is 0.306 e. The van der Waals surface area contributed by atoms with Gasteiger partial charge in [0.15, 0.2) is 0 Å². The van der Waals surface area contributed by atoms with E-state index in [4.69, 9.17) is 10.2 Å². The maximum atomic E-state index is 10.8. The average molecular weight is 219 g/mol.